The molecular formula is C20H21NO3S. The van der Waals surface area contributed by atoms with Gasteiger partial charge >= 0.3 is 0 Å². The molecule has 0 N–H and O–H groups in total. The average Bonchev–Trinajstić information content (AvgIpc) is 2.89. The van der Waals surface area contributed by atoms with Crippen LogP contribution in [-0.4, -0.2) is 26.1 Å². The molecule has 2 aromatic rings. The molecule has 0 aromatic heterocycles. The highest BCUT2D eigenvalue weighted by Gasteiger charge is 2.31. The number of aryl methyl sites for hydroxylation is 2. The van der Waals surface area contributed by atoms with Crippen LogP contribution in [0.25, 0.3) is 0 Å². The zero-order chi connectivity index (χ0) is 18.0. The van der Waals surface area contributed by atoms with Crippen molar-refractivity contribution in [3.63, 3.8) is 0 Å². The lowest BCUT2D eigenvalue weighted by Gasteiger charge is -2.28. The molecule has 130 valence electrons. The number of carbonyl (C=O) groups excluding carboxylic acids is 1. The van der Waals surface area contributed by atoms with Crippen LogP contribution >= 0.6 is 0 Å². The van der Waals surface area contributed by atoms with Crippen LogP contribution in [0.1, 0.15) is 16.7 Å². The summed E-state index contributed by atoms with van der Waals surface area (Å²) in [7, 11) is -3.24. The van der Waals surface area contributed by atoms with Gasteiger partial charge in [-0.15, -0.1) is 0 Å². The van der Waals surface area contributed by atoms with Gasteiger partial charge in [-0.2, -0.15) is 0 Å². The summed E-state index contributed by atoms with van der Waals surface area (Å²) in [6, 6.07) is 14.9. The second-order valence-corrected chi connectivity index (χ2v) is 8.42. The molecule has 2 aromatic carbocycles. The smallest absolute Gasteiger partial charge is 0.231 e. The molecular weight excluding hydrogens is 334 g/mol. The van der Waals surface area contributed by atoms with Crippen LogP contribution < -0.4 is 4.90 Å². The summed E-state index contributed by atoms with van der Waals surface area (Å²) in [5.41, 5.74) is 3.82. The Morgan fingerprint density at radius 2 is 1.80 bits per heavy atom. The molecule has 0 radical (unpaired) electrons. The summed E-state index contributed by atoms with van der Waals surface area (Å²) >= 11 is 0. The maximum Gasteiger partial charge on any atom is 0.231 e. The predicted molar refractivity (Wildman–Crippen MR) is 100 cm³/mol. The summed E-state index contributed by atoms with van der Waals surface area (Å²) in [5.74, 6) is -0.179. The summed E-state index contributed by atoms with van der Waals surface area (Å²) in [4.78, 5) is 14.6. The van der Waals surface area contributed by atoms with Crippen molar-refractivity contribution in [1.82, 2.24) is 0 Å². The Labute approximate surface area is 148 Å². The van der Waals surface area contributed by atoms with Gasteiger partial charge in [-0.1, -0.05) is 47.5 Å². The molecule has 1 aliphatic rings. The Balaban J connectivity index is 1.92. The van der Waals surface area contributed by atoms with E-state index in [4.69, 9.17) is 0 Å². The maximum atomic E-state index is 13.0. The number of nitrogens with zero attached hydrogens (tertiary/aromatic N) is 1. The largest absolute Gasteiger partial charge is 0.304 e. The number of anilines is 1. The monoisotopic (exact) mass is 355 g/mol. The highest BCUT2D eigenvalue weighted by atomic mass is 32.2. The van der Waals surface area contributed by atoms with Gasteiger partial charge in [-0.25, -0.2) is 8.42 Å². The standard InChI is InChI=1S/C20H21NO3S/c1-15-6-8-18(9-7-15)21(19-10-11-25(23,24)14-19)20(22)13-17-5-3-4-16(2)12-17/h3-12,19H,13-14H2,1-2H3/t19-/m0/s1. The van der Waals surface area contributed by atoms with Crippen molar-refractivity contribution in [2.45, 2.75) is 26.3 Å². The third-order valence-corrected chi connectivity index (χ3v) is 5.64. The Bertz CT molecular complexity index is 914. The van der Waals surface area contributed by atoms with Crippen LogP contribution in [-0.2, 0) is 21.1 Å². The molecule has 1 amide bonds. The fourth-order valence-corrected chi connectivity index (χ4v) is 4.30. The first-order valence-electron chi connectivity index (χ1n) is 8.19. The lowest BCUT2D eigenvalue weighted by atomic mass is 10.1. The normalized spacial score (nSPS) is 18.2. The van der Waals surface area contributed by atoms with E-state index in [-0.39, 0.29) is 18.1 Å². The van der Waals surface area contributed by atoms with Crippen LogP contribution in [0.15, 0.2) is 60.0 Å². The van der Waals surface area contributed by atoms with E-state index in [1.54, 1.807) is 11.0 Å². The molecule has 25 heavy (non-hydrogen) atoms. The second kappa shape index (κ2) is 6.84. The van der Waals surface area contributed by atoms with Crippen molar-refractivity contribution < 1.29 is 13.2 Å². The predicted octanol–water partition coefficient (Wildman–Crippen LogP) is 3.19. The molecule has 0 saturated heterocycles. The molecule has 0 bridgehead atoms. The summed E-state index contributed by atoms with van der Waals surface area (Å²) in [5, 5.41) is 1.21. The number of amides is 1. The minimum absolute atomic E-state index is 0.0690. The van der Waals surface area contributed by atoms with Gasteiger partial charge in [0.05, 0.1) is 18.2 Å². The van der Waals surface area contributed by atoms with E-state index in [1.807, 2.05) is 62.4 Å². The van der Waals surface area contributed by atoms with E-state index in [0.29, 0.717) is 0 Å². The summed E-state index contributed by atoms with van der Waals surface area (Å²) < 4.78 is 23.7. The van der Waals surface area contributed by atoms with Gasteiger partial charge in [0.2, 0.25) is 5.91 Å². The van der Waals surface area contributed by atoms with E-state index in [2.05, 4.69) is 0 Å². The van der Waals surface area contributed by atoms with Gasteiger partial charge in [0.1, 0.15) is 0 Å². The van der Waals surface area contributed by atoms with Crippen molar-refractivity contribution in [2.24, 2.45) is 0 Å². The minimum Gasteiger partial charge on any atom is -0.304 e. The molecule has 0 saturated carbocycles. The van der Waals surface area contributed by atoms with Crippen LogP contribution in [0.3, 0.4) is 0 Å². The van der Waals surface area contributed by atoms with E-state index in [9.17, 15) is 13.2 Å². The van der Waals surface area contributed by atoms with Crippen molar-refractivity contribution in [3.05, 3.63) is 76.7 Å². The zero-order valence-corrected chi connectivity index (χ0v) is 15.2. The number of hydrogen-bond acceptors (Lipinski definition) is 3. The highest BCUT2D eigenvalue weighted by molar-refractivity contribution is 7.94. The van der Waals surface area contributed by atoms with Crippen LogP contribution in [0.4, 0.5) is 5.69 Å². The topological polar surface area (TPSA) is 54.5 Å². The number of sulfone groups is 1. The fraction of sp³-hybridized carbons (Fsp3) is 0.250. The Morgan fingerprint density at radius 3 is 2.40 bits per heavy atom. The second-order valence-electron chi connectivity index (χ2n) is 6.49. The zero-order valence-electron chi connectivity index (χ0n) is 14.3. The highest BCUT2D eigenvalue weighted by Crippen LogP contribution is 2.24. The third-order valence-electron chi connectivity index (χ3n) is 4.26. The minimum atomic E-state index is -3.24. The Kier molecular flexibility index (Phi) is 4.77. The molecule has 5 heteroatoms. The summed E-state index contributed by atoms with van der Waals surface area (Å²) in [6.07, 6.45) is 1.84. The van der Waals surface area contributed by atoms with Crippen molar-refractivity contribution >= 4 is 21.4 Å². The number of benzene rings is 2. The van der Waals surface area contributed by atoms with Crippen LogP contribution in [0.5, 0.6) is 0 Å². The molecule has 4 nitrogen and oxygen atoms in total. The number of hydrogen-bond donors (Lipinski definition) is 0. The number of rotatable bonds is 4. The third kappa shape index (κ3) is 4.17. The Hall–Kier alpha value is -2.40. The van der Waals surface area contributed by atoms with E-state index in [0.717, 1.165) is 22.4 Å². The van der Waals surface area contributed by atoms with Crippen molar-refractivity contribution in [1.29, 1.82) is 0 Å². The van der Waals surface area contributed by atoms with Crippen molar-refractivity contribution in [3.8, 4) is 0 Å². The van der Waals surface area contributed by atoms with Gasteiger partial charge in [0.15, 0.2) is 9.84 Å². The van der Waals surface area contributed by atoms with Crippen LogP contribution in [0, 0.1) is 13.8 Å². The van der Waals surface area contributed by atoms with Gasteiger partial charge in [0, 0.05) is 11.1 Å². The lowest BCUT2D eigenvalue weighted by molar-refractivity contribution is -0.118. The summed E-state index contributed by atoms with van der Waals surface area (Å²) in [6.45, 7) is 3.96. The SMILES string of the molecule is Cc1ccc(N(C(=O)Cc2cccc(C)c2)[C@H]2C=CS(=O)(=O)C2)cc1. The Morgan fingerprint density at radius 1 is 1.08 bits per heavy atom. The van der Waals surface area contributed by atoms with Gasteiger partial charge < -0.3 is 4.90 Å². The van der Waals surface area contributed by atoms with E-state index in [1.165, 1.54) is 5.41 Å². The molecule has 1 atom stereocenters. The first-order chi connectivity index (χ1) is 11.8. The molecule has 1 heterocycles. The lowest BCUT2D eigenvalue weighted by Crippen LogP contribution is -2.42. The van der Waals surface area contributed by atoms with E-state index < -0.39 is 15.9 Å². The van der Waals surface area contributed by atoms with Gasteiger partial charge in [-0.05, 0) is 37.6 Å². The average molecular weight is 355 g/mol. The van der Waals surface area contributed by atoms with Crippen LogP contribution in [0.2, 0.25) is 0 Å². The van der Waals surface area contributed by atoms with Gasteiger partial charge in [0.25, 0.3) is 0 Å². The molecule has 1 aliphatic heterocycles. The first kappa shape index (κ1) is 17.4. The number of carbonyl (C=O) groups is 1. The quantitative estimate of drug-likeness (QED) is 0.846. The van der Waals surface area contributed by atoms with E-state index >= 15 is 0 Å². The molecule has 0 spiro atoms. The molecule has 0 fully saturated rings. The van der Waals surface area contributed by atoms with Gasteiger partial charge in [-0.3, -0.25) is 4.79 Å². The first-order valence-corrected chi connectivity index (χ1v) is 9.91. The maximum absolute atomic E-state index is 13.0. The van der Waals surface area contributed by atoms with Crippen molar-refractivity contribution in [2.75, 3.05) is 10.7 Å². The molecule has 3 rings (SSSR count). The fourth-order valence-electron chi connectivity index (χ4n) is 3.03. The molecule has 0 aliphatic carbocycles. The molecule has 0 unspecified atom stereocenters.